The van der Waals surface area contributed by atoms with E-state index in [1.807, 2.05) is 36.4 Å². The molecule has 4 rings (SSSR count). The number of aromatic nitrogens is 3. The fourth-order valence-electron chi connectivity index (χ4n) is 3.14. The lowest BCUT2D eigenvalue weighted by Crippen LogP contribution is -2.36. The number of hydrogen-bond donors (Lipinski definition) is 1. The Bertz CT molecular complexity index is 962. The third-order valence-electron chi connectivity index (χ3n) is 4.44. The normalized spacial score (nSPS) is 14.7. The van der Waals surface area contributed by atoms with E-state index in [9.17, 15) is 4.79 Å². The summed E-state index contributed by atoms with van der Waals surface area (Å²) in [5.74, 6) is 0. The molecule has 1 N–H and O–H groups in total. The predicted octanol–water partition coefficient (Wildman–Crippen LogP) is 2.10. The Hall–Kier alpha value is -2.51. The summed E-state index contributed by atoms with van der Waals surface area (Å²) in [4.78, 5) is 14.6. The highest BCUT2D eigenvalue weighted by Gasteiger charge is 2.15. The minimum absolute atomic E-state index is 0.137. The molecule has 0 amide bonds. The van der Waals surface area contributed by atoms with Crippen LogP contribution in [0.2, 0.25) is 5.02 Å². The van der Waals surface area contributed by atoms with Gasteiger partial charge in [-0.15, -0.1) is 5.10 Å². The van der Waals surface area contributed by atoms with Crippen LogP contribution in [-0.4, -0.2) is 47.0 Å². The Kier molecular flexibility index (Phi) is 4.81. The maximum atomic E-state index is 12.3. The number of anilines is 2. The van der Waals surface area contributed by atoms with Crippen LogP contribution in [0.15, 0.2) is 47.4 Å². The van der Waals surface area contributed by atoms with Gasteiger partial charge in [0.2, 0.25) is 0 Å². The number of rotatable bonds is 5. The van der Waals surface area contributed by atoms with E-state index in [2.05, 4.69) is 15.3 Å². The van der Waals surface area contributed by atoms with E-state index in [0.717, 1.165) is 37.7 Å². The number of nitrogens with zero attached hydrogens (tertiary/aromatic N) is 4. The number of halogens is 1. The van der Waals surface area contributed by atoms with Crippen LogP contribution in [0.3, 0.4) is 0 Å². The Labute approximate surface area is 155 Å². The largest absolute Gasteiger partial charge is 0.381 e. The standard InChI is InChI=1S/C18H20ClN5O2/c19-14-4-5-16(22-9-11-26-12-10-22)15(13-14)20-6-8-24-18(25)23-7-2-1-3-17(23)21-24/h1-5,7,13,20H,6,8-12H2. The molecule has 0 radical (unpaired) electrons. The van der Waals surface area contributed by atoms with Gasteiger partial charge in [0.1, 0.15) is 0 Å². The highest BCUT2D eigenvalue weighted by atomic mass is 35.5. The third kappa shape index (κ3) is 3.40. The Morgan fingerprint density at radius 1 is 1.19 bits per heavy atom. The Morgan fingerprint density at radius 3 is 2.85 bits per heavy atom. The van der Waals surface area contributed by atoms with Crippen LogP contribution < -0.4 is 15.9 Å². The highest BCUT2D eigenvalue weighted by Crippen LogP contribution is 2.29. The quantitative estimate of drug-likeness (QED) is 0.742. The second-order valence-corrected chi connectivity index (χ2v) is 6.56. The van der Waals surface area contributed by atoms with Gasteiger partial charge < -0.3 is 15.0 Å². The van der Waals surface area contributed by atoms with Gasteiger partial charge in [-0.05, 0) is 30.3 Å². The van der Waals surface area contributed by atoms with Crippen molar-refractivity contribution < 1.29 is 4.74 Å². The molecule has 0 spiro atoms. The summed E-state index contributed by atoms with van der Waals surface area (Å²) in [6.45, 7) is 4.18. The van der Waals surface area contributed by atoms with Crippen LogP contribution >= 0.6 is 11.6 Å². The molecule has 136 valence electrons. The number of pyridine rings is 1. The van der Waals surface area contributed by atoms with Gasteiger partial charge in [-0.3, -0.25) is 4.40 Å². The van der Waals surface area contributed by atoms with Crippen molar-refractivity contribution in [2.75, 3.05) is 43.1 Å². The van der Waals surface area contributed by atoms with Crippen molar-refractivity contribution in [1.29, 1.82) is 0 Å². The molecule has 3 heterocycles. The number of benzene rings is 1. The van der Waals surface area contributed by atoms with Crippen LogP contribution in [0.25, 0.3) is 5.65 Å². The molecule has 2 aromatic heterocycles. The summed E-state index contributed by atoms with van der Waals surface area (Å²) >= 11 is 6.18. The molecule has 26 heavy (non-hydrogen) atoms. The zero-order chi connectivity index (χ0) is 17.9. The zero-order valence-corrected chi connectivity index (χ0v) is 15.0. The smallest absolute Gasteiger partial charge is 0.350 e. The maximum absolute atomic E-state index is 12.3. The Morgan fingerprint density at radius 2 is 2.04 bits per heavy atom. The number of nitrogens with one attached hydrogen (secondary N) is 1. The first kappa shape index (κ1) is 16.9. The van der Waals surface area contributed by atoms with E-state index >= 15 is 0 Å². The van der Waals surface area contributed by atoms with Gasteiger partial charge in [0.05, 0.1) is 31.1 Å². The maximum Gasteiger partial charge on any atom is 0.350 e. The van der Waals surface area contributed by atoms with Gasteiger partial charge in [-0.2, -0.15) is 0 Å². The topological polar surface area (TPSA) is 63.8 Å². The molecule has 1 aromatic carbocycles. The van der Waals surface area contributed by atoms with Crippen LogP contribution in [0.1, 0.15) is 0 Å². The van der Waals surface area contributed by atoms with E-state index in [1.165, 1.54) is 4.68 Å². The first-order valence-corrected chi connectivity index (χ1v) is 9.00. The fourth-order valence-corrected chi connectivity index (χ4v) is 3.31. The van der Waals surface area contributed by atoms with Crippen molar-refractivity contribution in [3.8, 4) is 0 Å². The van der Waals surface area contributed by atoms with Crippen LogP contribution in [0, 0.1) is 0 Å². The molecular weight excluding hydrogens is 354 g/mol. The summed E-state index contributed by atoms with van der Waals surface area (Å²) in [5, 5.41) is 8.42. The van der Waals surface area contributed by atoms with Gasteiger partial charge in [-0.25, -0.2) is 9.48 Å². The second kappa shape index (κ2) is 7.39. The van der Waals surface area contributed by atoms with Crippen molar-refractivity contribution in [3.63, 3.8) is 0 Å². The molecule has 0 unspecified atom stereocenters. The van der Waals surface area contributed by atoms with Crippen LogP contribution in [0.4, 0.5) is 11.4 Å². The average Bonchev–Trinajstić information content (AvgIpc) is 2.99. The molecule has 1 fully saturated rings. The summed E-state index contributed by atoms with van der Waals surface area (Å²) in [7, 11) is 0. The molecule has 0 bridgehead atoms. The number of morpholine rings is 1. The SMILES string of the molecule is O=c1n(CCNc2cc(Cl)ccc2N2CCOCC2)nc2ccccn12. The van der Waals surface area contributed by atoms with Crippen molar-refractivity contribution in [2.45, 2.75) is 6.54 Å². The first-order valence-electron chi connectivity index (χ1n) is 8.63. The second-order valence-electron chi connectivity index (χ2n) is 6.12. The third-order valence-corrected chi connectivity index (χ3v) is 4.67. The molecule has 7 nitrogen and oxygen atoms in total. The Balaban J connectivity index is 1.49. The molecule has 0 atom stereocenters. The number of hydrogen-bond acceptors (Lipinski definition) is 5. The fraction of sp³-hybridized carbons (Fsp3) is 0.333. The summed E-state index contributed by atoms with van der Waals surface area (Å²) in [5.41, 5.74) is 2.56. The van der Waals surface area contributed by atoms with Gasteiger partial charge in [0.25, 0.3) is 0 Å². The van der Waals surface area contributed by atoms with E-state index in [1.54, 1.807) is 10.6 Å². The summed E-state index contributed by atoms with van der Waals surface area (Å²) < 4.78 is 8.44. The number of ether oxygens (including phenoxy) is 1. The lowest BCUT2D eigenvalue weighted by atomic mass is 10.2. The molecule has 1 saturated heterocycles. The van der Waals surface area contributed by atoms with Crippen LogP contribution in [0.5, 0.6) is 0 Å². The molecule has 1 aliphatic heterocycles. The highest BCUT2D eigenvalue weighted by molar-refractivity contribution is 6.31. The van der Waals surface area contributed by atoms with E-state index in [-0.39, 0.29) is 5.69 Å². The zero-order valence-electron chi connectivity index (χ0n) is 14.3. The molecule has 8 heteroatoms. The lowest BCUT2D eigenvalue weighted by molar-refractivity contribution is 0.123. The summed E-state index contributed by atoms with van der Waals surface area (Å²) in [6.07, 6.45) is 1.72. The van der Waals surface area contributed by atoms with Crippen molar-refractivity contribution in [2.24, 2.45) is 0 Å². The number of fused-ring (bicyclic) bond motifs is 1. The van der Waals surface area contributed by atoms with Crippen LogP contribution in [-0.2, 0) is 11.3 Å². The predicted molar refractivity (Wildman–Crippen MR) is 102 cm³/mol. The van der Waals surface area contributed by atoms with E-state index < -0.39 is 0 Å². The first-order chi connectivity index (χ1) is 12.7. The van der Waals surface area contributed by atoms with E-state index in [4.69, 9.17) is 16.3 Å². The van der Waals surface area contributed by atoms with Gasteiger partial charge in [0, 0.05) is 30.9 Å². The molecule has 3 aromatic rings. The monoisotopic (exact) mass is 373 g/mol. The minimum atomic E-state index is -0.137. The average molecular weight is 374 g/mol. The van der Waals surface area contributed by atoms with Crippen molar-refractivity contribution in [3.05, 3.63) is 58.1 Å². The molecular formula is C18H20ClN5O2. The van der Waals surface area contributed by atoms with E-state index in [0.29, 0.717) is 23.8 Å². The van der Waals surface area contributed by atoms with Gasteiger partial charge >= 0.3 is 5.69 Å². The molecule has 0 saturated carbocycles. The van der Waals surface area contributed by atoms with Crippen molar-refractivity contribution >= 4 is 28.6 Å². The lowest BCUT2D eigenvalue weighted by Gasteiger charge is -2.30. The van der Waals surface area contributed by atoms with Gasteiger partial charge in [-0.1, -0.05) is 17.7 Å². The van der Waals surface area contributed by atoms with Crippen molar-refractivity contribution in [1.82, 2.24) is 14.2 Å². The molecule has 0 aliphatic carbocycles. The minimum Gasteiger partial charge on any atom is -0.381 e. The summed E-state index contributed by atoms with van der Waals surface area (Å²) in [6, 6.07) is 11.3. The van der Waals surface area contributed by atoms with Gasteiger partial charge in [0.15, 0.2) is 5.65 Å². The molecule has 1 aliphatic rings.